The number of benzene rings is 4. The average molecular weight is 401 g/mol. The van der Waals surface area contributed by atoms with E-state index in [4.69, 9.17) is 4.42 Å². The Morgan fingerprint density at radius 3 is 2.03 bits per heavy atom. The van der Waals surface area contributed by atoms with Gasteiger partial charge in [0.05, 0.1) is 11.1 Å². The van der Waals surface area contributed by atoms with Gasteiger partial charge in [-0.15, -0.1) is 0 Å². The van der Waals surface area contributed by atoms with Crippen LogP contribution < -0.4 is 4.90 Å². The molecule has 0 fully saturated rings. The molecule has 0 aliphatic carbocycles. The fourth-order valence-electron chi connectivity index (χ4n) is 4.16. The molecule has 0 amide bonds. The highest BCUT2D eigenvalue weighted by atomic mass is 16.3. The van der Waals surface area contributed by atoms with Crippen molar-refractivity contribution in [2.75, 3.05) is 4.90 Å². The maximum Gasteiger partial charge on any atom is 0.163 e. The van der Waals surface area contributed by atoms with Gasteiger partial charge in [0.1, 0.15) is 11.3 Å². The van der Waals surface area contributed by atoms with E-state index >= 15 is 0 Å². The summed E-state index contributed by atoms with van der Waals surface area (Å²) >= 11 is 0. The van der Waals surface area contributed by atoms with Crippen molar-refractivity contribution >= 4 is 39.0 Å². The number of rotatable bonds is 4. The normalized spacial score (nSPS) is 11.2. The lowest BCUT2D eigenvalue weighted by Crippen LogP contribution is -2.10. The lowest BCUT2D eigenvalue weighted by molar-refractivity contribution is 0.662. The minimum absolute atomic E-state index is 0.819. The van der Waals surface area contributed by atoms with Gasteiger partial charge in [0.15, 0.2) is 5.58 Å². The number of fused-ring (bicyclic) bond motifs is 3. The largest absolute Gasteiger partial charge is 0.454 e. The molecule has 0 N–H and O–H groups in total. The molecular weight excluding hydrogens is 382 g/mol. The maximum atomic E-state index is 6.38. The van der Waals surface area contributed by atoms with E-state index in [1.54, 1.807) is 6.20 Å². The molecule has 0 atom stereocenters. The number of para-hydroxylation sites is 3. The number of furan rings is 1. The highest BCUT2D eigenvalue weighted by Crippen LogP contribution is 2.44. The first-order chi connectivity index (χ1) is 15.4. The zero-order valence-electron chi connectivity index (χ0n) is 16.7. The highest BCUT2D eigenvalue weighted by molar-refractivity contribution is 6.15. The van der Waals surface area contributed by atoms with Gasteiger partial charge in [0.25, 0.3) is 0 Å². The van der Waals surface area contributed by atoms with Crippen LogP contribution in [0.25, 0.3) is 27.6 Å². The van der Waals surface area contributed by atoms with Crippen molar-refractivity contribution in [3.63, 3.8) is 0 Å². The van der Waals surface area contributed by atoms with E-state index in [2.05, 4.69) is 82.8 Å². The smallest absolute Gasteiger partial charge is 0.163 e. The number of nitrogens with zero attached hydrogens (tertiary/aromatic N) is 3. The molecule has 0 spiro atoms. The van der Waals surface area contributed by atoms with Crippen LogP contribution in [-0.2, 0) is 0 Å². The Hall–Kier alpha value is -4.31. The lowest BCUT2D eigenvalue weighted by atomic mass is 10.1. The van der Waals surface area contributed by atoms with Crippen molar-refractivity contribution in [2.24, 2.45) is 0 Å². The molecule has 4 heteroatoms. The Balaban J connectivity index is 1.71. The molecule has 4 aromatic carbocycles. The standard InChI is InChI=1S/C27H19N3O/c1-3-10-20(11-4-1)30(21-12-5-2-6-13-21)23-16-17-24(29-19-9-18-28-29)27-26(23)22-14-7-8-15-25(22)31-27/h1-19H. The minimum Gasteiger partial charge on any atom is -0.454 e. The Bertz CT molecular complexity index is 1430. The van der Waals surface area contributed by atoms with E-state index in [1.807, 2.05) is 41.2 Å². The molecule has 0 saturated heterocycles. The summed E-state index contributed by atoms with van der Waals surface area (Å²) in [6.07, 6.45) is 3.72. The Labute approximate surface area is 179 Å². The van der Waals surface area contributed by atoms with Crippen LogP contribution in [0.1, 0.15) is 0 Å². The van der Waals surface area contributed by atoms with Gasteiger partial charge in [0.2, 0.25) is 0 Å². The third kappa shape index (κ3) is 2.89. The third-order valence-corrected chi connectivity index (χ3v) is 5.50. The average Bonchev–Trinajstić information content (AvgIpc) is 3.49. The number of hydrogen-bond donors (Lipinski definition) is 0. The molecule has 0 radical (unpaired) electrons. The molecule has 0 unspecified atom stereocenters. The van der Waals surface area contributed by atoms with E-state index in [0.717, 1.165) is 44.7 Å². The first-order valence-corrected chi connectivity index (χ1v) is 10.2. The summed E-state index contributed by atoms with van der Waals surface area (Å²) in [7, 11) is 0. The summed E-state index contributed by atoms with van der Waals surface area (Å²) in [5.74, 6) is 0. The van der Waals surface area contributed by atoms with Crippen LogP contribution in [0.5, 0.6) is 0 Å². The molecule has 0 aliphatic heterocycles. The van der Waals surface area contributed by atoms with Crippen molar-refractivity contribution in [2.45, 2.75) is 0 Å². The van der Waals surface area contributed by atoms with Crippen LogP contribution in [0.15, 0.2) is 120 Å². The van der Waals surface area contributed by atoms with Crippen molar-refractivity contribution < 1.29 is 4.42 Å². The molecule has 0 aliphatic rings. The van der Waals surface area contributed by atoms with E-state index in [9.17, 15) is 0 Å². The van der Waals surface area contributed by atoms with Crippen LogP contribution in [0.3, 0.4) is 0 Å². The second-order valence-electron chi connectivity index (χ2n) is 7.36. The zero-order valence-corrected chi connectivity index (χ0v) is 16.7. The van der Waals surface area contributed by atoms with Crippen molar-refractivity contribution in [3.05, 3.63) is 116 Å². The summed E-state index contributed by atoms with van der Waals surface area (Å²) in [6.45, 7) is 0. The van der Waals surface area contributed by atoms with Crippen LogP contribution in [-0.4, -0.2) is 9.78 Å². The van der Waals surface area contributed by atoms with Gasteiger partial charge in [-0.05, 0) is 48.5 Å². The number of hydrogen-bond acceptors (Lipinski definition) is 3. The van der Waals surface area contributed by atoms with Gasteiger partial charge >= 0.3 is 0 Å². The molecule has 2 aromatic heterocycles. The molecule has 2 heterocycles. The van der Waals surface area contributed by atoms with Crippen LogP contribution >= 0.6 is 0 Å². The van der Waals surface area contributed by atoms with Crippen molar-refractivity contribution in [3.8, 4) is 5.69 Å². The SMILES string of the molecule is c1ccc(N(c2ccccc2)c2ccc(-n3cccn3)c3oc4ccccc4c23)cc1. The first-order valence-electron chi connectivity index (χ1n) is 10.2. The maximum absolute atomic E-state index is 6.38. The molecule has 6 aromatic rings. The molecular formula is C27H19N3O. The number of aromatic nitrogens is 2. The fourth-order valence-corrected chi connectivity index (χ4v) is 4.16. The molecule has 31 heavy (non-hydrogen) atoms. The van der Waals surface area contributed by atoms with Crippen LogP contribution in [0, 0.1) is 0 Å². The summed E-state index contributed by atoms with van der Waals surface area (Å²) in [5, 5.41) is 6.59. The Morgan fingerprint density at radius 1 is 0.677 bits per heavy atom. The van der Waals surface area contributed by atoms with Crippen molar-refractivity contribution in [1.29, 1.82) is 0 Å². The van der Waals surface area contributed by atoms with Gasteiger partial charge in [-0.25, -0.2) is 4.68 Å². The van der Waals surface area contributed by atoms with Gasteiger partial charge in [-0.1, -0.05) is 54.6 Å². The van der Waals surface area contributed by atoms with Gasteiger partial charge in [-0.2, -0.15) is 5.10 Å². The van der Waals surface area contributed by atoms with Crippen LogP contribution in [0.4, 0.5) is 17.1 Å². The summed E-state index contributed by atoms with van der Waals surface area (Å²) in [5.41, 5.74) is 5.84. The molecule has 0 bridgehead atoms. The monoisotopic (exact) mass is 401 g/mol. The highest BCUT2D eigenvalue weighted by Gasteiger charge is 2.21. The summed E-state index contributed by atoms with van der Waals surface area (Å²) in [4.78, 5) is 2.27. The Kier molecular flexibility index (Phi) is 4.06. The summed E-state index contributed by atoms with van der Waals surface area (Å²) < 4.78 is 8.23. The van der Waals surface area contributed by atoms with Crippen LogP contribution in [0.2, 0.25) is 0 Å². The van der Waals surface area contributed by atoms with Gasteiger partial charge in [-0.3, -0.25) is 0 Å². The van der Waals surface area contributed by atoms with E-state index in [-0.39, 0.29) is 0 Å². The predicted molar refractivity (Wildman–Crippen MR) is 126 cm³/mol. The lowest BCUT2D eigenvalue weighted by Gasteiger charge is -2.26. The van der Waals surface area contributed by atoms with Gasteiger partial charge in [0, 0.05) is 29.2 Å². The van der Waals surface area contributed by atoms with E-state index in [0.29, 0.717) is 0 Å². The molecule has 4 nitrogen and oxygen atoms in total. The zero-order chi connectivity index (χ0) is 20.6. The Morgan fingerprint density at radius 2 is 1.35 bits per heavy atom. The molecule has 6 rings (SSSR count). The second kappa shape index (κ2) is 7.18. The third-order valence-electron chi connectivity index (χ3n) is 5.50. The van der Waals surface area contributed by atoms with E-state index < -0.39 is 0 Å². The molecule has 148 valence electrons. The fraction of sp³-hybridized carbons (Fsp3) is 0. The van der Waals surface area contributed by atoms with Crippen molar-refractivity contribution in [1.82, 2.24) is 9.78 Å². The van der Waals surface area contributed by atoms with Gasteiger partial charge < -0.3 is 9.32 Å². The summed E-state index contributed by atoms with van der Waals surface area (Å²) in [6, 6.07) is 35.2. The van der Waals surface area contributed by atoms with E-state index in [1.165, 1.54) is 0 Å². The number of anilines is 3. The quantitative estimate of drug-likeness (QED) is 0.312. The molecule has 0 saturated carbocycles. The topological polar surface area (TPSA) is 34.2 Å². The second-order valence-corrected chi connectivity index (χ2v) is 7.36. The predicted octanol–water partition coefficient (Wildman–Crippen LogP) is 7.24. The first kappa shape index (κ1) is 17.5. The minimum atomic E-state index is 0.819.